The van der Waals surface area contributed by atoms with Crippen molar-refractivity contribution in [2.45, 2.75) is 18.4 Å². The Morgan fingerprint density at radius 1 is 1.10 bits per heavy atom. The third-order valence-corrected chi connectivity index (χ3v) is 5.29. The quantitative estimate of drug-likeness (QED) is 0.682. The van der Waals surface area contributed by atoms with E-state index in [0.29, 0.717) is 11.8 Å². The lowest BCUT2D eigenvalue weighted by Crippen LogP contribution is -2.29. The van der Waals surface area contributed by atoms with Crippen LogP contribution in [0.15, 0.2) is 59.1 Å². The monoisotopic (exact) mass is 343 g/mol. The van der Waals surface area contributed by atoms with Crippen LogP contribution in [0.3, 0.4) is 0 Å². The number of fused-ring (bicyclic) bond motifs is 3. The minimum Gasteiger partial charge on any atom is -0.378 e. The number of nitrogens with one attached hydrogen (secondary N) is 1. The van der Waals surface area contributed by atoms with E-state index >= 15 is 0 Å². The Balaban J connectivity index is 1.82. The molecule has 1 aliphatic carbocycles. The molecular formula is C18H15BrFN. The molecule has 1 aliphatic heterocycles. The van der Waals surface area contributed by atoms with Crippen LogP contribution in [0.2, 0.25) is 0 Å². The molecule has 1 nitrogen and oxygen atoms in total. The van der Waals surface area contributed by atoms with Crippen molar-refractivity contribution < 1.29 is 4.39 Å². The molecule has 2 aliphatic rings. The summed E-state index contributed by atoms with van der Waals surface area (Å²) in [7, 11) is 0. The van der Waals surface area contributed by atoms with Crippen molar-refractivity contribution in [2.75, 3.05) is 5.32 Å². The maximum absolute atomic E-state index is 13.6. The molecule has 0 fully saturated rings. The summed E-state index contributed by atoms with van der Waals surface area (Å²) in [6, 6.07) is 13.6. The third-order valence-electron chi connectivity index (χ3n) is 4.57. The number of allylic oxidation sites excluding steroid dienone is 2. The van der Waals surface area contributed by atoms with Crippen LogP contribution >= 0.6 is 15.9 Å². The highest BCUT2D eigenvalue weighted by molar-refractivity contribution is 9.10. The van der Waals surface area contributed by atoms with Gasteiger partial charge in [-0.05, 0) is 47.7 Å². The second-order valence-electron chi connectivity index (χ2n) is 5.73. The Bertz CT molecular complexity index is 725. The molecule has 0 saturated carbocycles. The Kier molecular flexibility index (Phi) is 3.11. The first-order valence-electron chi connectivity index (χ1n) is 7.21. The van der Waals surface area contributed by atoms with Crippen LogP contribution in [0.25, 0.3) is 0 Å². The summed E-state index contributed by atoms with van der Waals surface area (Å²) in [5, 5.41) is 3.62. The predicted octanol–water partition coefficient (Wildman–Crippen LogP) is 5.41. The molecule has 4 rings (SSSR count). The minimum atomic E-state index is -0.158. The average molecular weight is 344 g/mol. The standard InChI is InChI=1S/C18H15BrFN/c19-16-7-2-1-4-14(16)18-13-6-3-5-12(13)15-10-11(20)8-9-17(15)21-18/h1-5,7-10,12-13,18,21H,6H2/t12-,13+,18-/m1/s1. The summed E-state index contributed by atoms with van der Waals surface area (Å²) in [4.78, 5) is 0. The summed E-state index contributed by atoms with van der Waals surface area (Å²) < 4.78 is 14.7. The van der Waals surface area contributed by atoms with Gasteiger partial charge in [-0.15, -0.1) is 0 Å². The highest BCUT2D eigenvalue weighted by atomic mass is 79.9. The van der Waals surface area contributed by atoms with Gasteiger partial charge in [-0.2, -0.15) is 0 Å². The fraction of sp³-hybridized carbons (Fsp3) is 0.222. The summed E-state index contributed by atoms with van der Waals surface area (Å²) in [5.41, 5.74) is 3.40. The number of benzene rings is 2. The SMILES string of the molecule is Fc1ccc2c(c1)[C@@H]1C=CC[C@@H]1[C@H](c1ccccc1Br)N2. The normalized spacial score (nSPS) is 26.1. The van der Waals surface area contributed by atoms with Gasteiger partial charge in [0, 0.05) is 16.1 Å². The van der Waals surface area contributed by atoms with E-state index < -0.39 is 0 Å². The molecule has 0 saturated heterocycles. The summed E-state index contributed by atoms with van der Waals surface area (Å²) in [5.74, 6) is 0.584. The van der Waals surface area contributed by atoms with E-state index in [0.717, 1.165) is 22.1 Å². The van der Waals surface area contributed by atoms with Crippen molar-refractivity contribution in [1.29, 1.82) is 0 Å². The summed E-state index contributed by atoms with van der Waals surface area (Å²) in [6.45, 7) is 0. The van der Waals surface area contributed by atoms with Gasteiger partial charge in [-0.25, -0.2) is 4.39 Å². The van der Waals surface area contributed by atoms with Gasteiger partial charge in [0.25, 0.3) is 0 Å². The lowest BCUT2D eigenvalue weighted by Gasteiger charge is -2.37. The van der Waals surface area contributed by atoms with Crippen molar-refractivity contribution in [3.05, 3.63) is 76.0 Å². The van der Waals surface area contributed by atoms with E-state index in [9.17, 15) is 4.39 Å². The van der Waals surface area contributed by atoms with Gasteiger partial charge >= 0.3 is 0 Å². The van der Waals surface area contributed by atoms with Crippen molar-refractivity contribution in [2.24, 2.45) is 5.92 Å². The highest BCUT2D eigenvalue weighted by Crippen LogP contribution is 2.50. The molecule has 1 N–H and O–H groups in total. The van der Waals surface area contributed by atoms with Crippen molar-refractivity contribution >= 4 is 21.6 Å². The van der Waals surface area contributed by atoms with Gasteiger partial charge in [0.05, 0.1) is 6.04 Å². The molecule has 0 unspecified atom stereocenters. The van der Waals surface area contributed by atoms with Gasteiger partial charge in [0.1, 0.15) is 5.82 Å². The zero-order valence-corrected chi connectivity index (χ0v) is 13.0. The second kappa shape index (κ2) is 4.99. The number of hydrogen-bond donors (Lipinski definition) is 1. The summed E-state index contributed by atoms with van der Waals surface area (Å²) >= 11 is 3.66. The topological polar surface area (TPSA) is 12.0 Å². The number of anilines is 1. The molecule has 3 atom stereocenters. The van der Waals surface area contributed by atoms with Crippen LogP contribution in [0.1, 0.15) is 29.5 Å². The minimum absolute atomic E-state index is 0.158. The highest BCUT2D eigenvalue weighted by Gasteiger charge is 2.38. The largest absolute Gasteiger partial charge is 0.378 e. The van der Waals surface area contributed by atoms with Crippen LogP contribution in [0.5, 0.6) is 0 Å². The molecule has 2 aromatic carbocycles. The summed E-state index contributed by atoms with van der Waals surface area (Å²) in [6.07, 6.45) is 5.48. The lowest BCUT2D eigenvalue weighted by atomic mass is 9.77. The van der Waals surface area contributed by atoms with Crippen LogP contribution < -0.4 is 5.32 Å². The van der Waals surface area contributed by atoms with E-state index in [1.165, 1.54) is 11.6 Å². The first kappa shape index (κ1) is 13.1. The molecule has 1 heterocycles. The van der Waals surface area contributed by atoms with Gasteiger partial charge in [-0.3, -0.25) is 0 Å². The van der Waals surface area contributed by atoms with E-state index in [1.807, 2.05) is 12.1 Å². The molecule has 0 amide bonds. The van der Waals surface area contributed by atoms with Crippen LogP contribution in [-0.4, -0.2) is 0 Å². The Morgan fingerprint density at radius 3 is 2.81 bits per heavy atom. The van der Waals surface area contributed by atoms with Crippen molar-refractivity contribution in [3.63, 3.8) is 0 Å². The average Bonchev–Trinajstić information content (AvgIpc) is 2.97. The van der Waals surface area contributed by atoms with Crippen molar-refractivity contribution in [3.8, 4) is 0 Å². The first-order valence-corrected chi connectivity index (χ1v) is 8.00. The van der Waals surface area contributed by atoms with Crippen LogP contribution in [0.4, 0.5) is 10.1 Å². The van der Waals surface area contributed by atoms with Gasteiger partial charge in [0.2, 0.25) is 0 Å². The Labute approximate surface area is 132 Å². The first-order chi connectivity index (χ1) is 10.2. The molecule has 0 aromatic heterocycles. The van der Waals surface area contributed by atoms with Gasteiger partial charge in [0.15, 0.2) is 0 Å². The lowest BCUT2D eigenvalue weighted by molar-refractivity contribution is 0.423. The molecular weight excluding hydrogens is 329 g/mol. The molecule has 2 aromatic rings. The maximum atomic E-state index is 13.6. The number of halogens is 2. The van der Waals surface area contributed by atoms with Gasteiger partial charge in [-0.1, -0.05) is 46.3 Å². The molecule has 106 valence electrons. The molecule has 0 spiro atoms. The Morgan fingerprint density at radius 2 is 1.95 bits per heavy atom. The fourth-order valence-electron chi connectivity index (χ4n) is 3.60. The maximum Gasteiger partial charge on any atom is 0.123 e. The van der Waals surface area contributed by atoms with Gasteiger partial charge < -0.3 is 5.32 Å². The number of rotatable bonds is 1. The molecule has 0 bridgehead atoms. The molecule has 21 heavy (non-hydrogen) atoms. The molecule has 3 heteroatoms. The zero-order valence-electron chi connectivity index (χ0n) is 11.4. The van der Waals surface area contributed by atoms with E-state index in [1.54, 1.807) is 6.07 Å². The van der Waals surface area contributed by atoms with E-state index in [4.69, 9.17) is 0 Å². The predicted molar refractivity (Wildman–Crippen MR) is 86.9 cm³/mol. The smallest absolute Gasteiger partial charge is 0.123 e. The van der Waals surface area contributed by atoms with Crippen LogP contribution in [0, 0.1) is 11.7 Å². The second-order valence-corrected chi connectivity index (χ2v) is 6.58. The fourth-order valence-corrected chi connectivity index (χ4v) is 4.13. The zero-order chi connectivity index (χ0) is 14.4. The van der Waals surface area contributed by atoms with Crippen LogP contribution in [-0.2, 0) is 0 Å². The van der Waals surface area contributed by atoms with E-state index in [2.05, 4.69) is 51.6 Å². The van der Waals surface area contributed by atoms with E-state index in [-0.39, 0.29) is 11.9 Å². The third kappa shape index (κ3) is 2.11. The van der Waals surface area contributed by atoms with Crippen molar-refractivity contribution in [1.82, 2.24) is 0 Å². The Hall–Kier alpha value is -1.61. The molecule has 0 radical (unpaired) electrons. The number of hydrogen-bond acceptors (Lipinski definition) is 1.